The lowest BCUT2D eigenvalue weighted by Crippen LogP contribution is -2.11. The second kappa shape index (κ2) is 7.48. The molecular weight excluding hydrogens is 338 g/mol. The number of aryl methyl sites for hydroxylation is 1. The van der Waals surface area contributed by atoms with Crippen LogP contribution < -0.4 is 0 Å². The molecule has 0 aliphatic heterocycles. The van der Waals surface area contributed by atoms with Gasteiger partial charge in [-0.3, -0.25) is 0 Å². The molecule has 0 aliphatic carbocycles. The molecule has 0 saturated heterocycles. The molecule has 0 unspecified atom stereocenters. The van der Waals surface area contributed by atoms with Crippen LogP contribution in [0.3, 0.4) is 0 Å². The van der Waals surface area contributed by atoms with Gasteiger partial charge in [0, 0.05) is 11.8 Å². The predicted molar refractivity (Wildman–Crippen MR) is 94.3 cm³/mol. The third-order valence-electron chi connectivity index (χ3n) is 3.56. The van der Waals surface area contributed by atoms with Crippen LogP contribution in [-0.4, -0.2) is 27.4 Å². The number of carbonyl (C=O) groups excluding carboxylic acids is 1. The van der Waals surface area contributed by atoms with Crippen molar-refractivity contribution in [1.29, 1.82) is 0 Å². The van der Waals surface area contributed by atoms with E-state index in [1.165, 1.54) is 11.8 Å². The lowest BCUT2D eigenvalue weighted by molar-refractivity contribution is 0.0275. The first-order valence-electron chi connectivity index (χ1n) is 7.69. The number of nitrogens with zero attached hydrogens (tertiary/aromatic N) is 3. The summed E-state index contributed by atoms with van der Waals surface area (Å²) < 4.78 is 11.1. The summed E-state index contributed by atoms with van der Waals surface area (Å²) >= 11 is 1.39. The van der Waals surface area contributed by atoms with Crippen molar-refractivity contribution < 1.29 is 13.9 Å². The molecule has 0 saturated carbocycles. The average Bonchev–Trinajstić information content (AvgIpc) is 3.12. The number of aromatic nitrogens is 3. The van der Waals surface area contributed by atoms with Crippen LogP contribution in [0.4, 0.5) is 0 Å². The van der Waals surface area contributed by atoms with Crippen LogP contribution in [0, 0.1) is 6.92 Å². The van der Waals surface area contributed by atoms with Gasteiger partial charge in [-0.05, 0) is 44.4 Å². The molecule has 0 amide bonds. The van der Waals surface area contributed by atoms with Crippen LogP contribution in [0.2, 0.25) is 0 Å². The Morgan fingerprint density at radius 2 is 1.96 bits per heavy atom. The van der Waals surface area contributed by atoms with E-state index in [-0.39, 0.29) is 5.89 Å². The number of esters is 1. The Kier molecular flexibility index (Phi) is 5.14. The maximum atomic E-state index is 12.4. The minimum absolute atomic E-state index is 0.249. The quantitative estimate of drug-likeness (QED) is 0.504. The standard InChI is InChI=1S/C18H17N3O3S/c1-11-6-8-13(9-7-11)16-21-20-15(24-16)12(2)23-18(22)14-5-4-10-19-17(14)25-3/h4-10,12H,1-3H3/t12-/m0/s1. The monoisotopic (exact) mass is 355 g/mol. The summed E-state index contributed by atoms with van der Waals surface area (Å²) in [4.78, 5) is 16.5. The summed E-state index contributed by atoms with van der Waals surface area (Å²) in [5.74, 6) is 0.169. The van der Waals surface area contributed by atoms with E-state index in [0.717, 1.165) is 11.1 Å². The largest absolute Gasteiger partial charge is 0.449 e. The van der Waals surface area contributed by atoms with E-state index in [1.807, 2.05) is 37.4 Å². The van der Waals surface area contributed by atoms with Crippen LogP contribution >= 0.6 is 11.8 Å². The first-order valence-corrected chi connectivity index (χ1v) is 8.91. The van der Waals surface area contributed by atoms with Gasteiger partial charge in [-0.15, -0.1) is 22.0 Å². The number of thioether (sulfide) groups is 1. The molecule has 0 bridgehead atoms. The Labute approximate surface area is 149 Å². The van der Waals surface area contributed by atoms with E-state index in [4.69, 9.17) is 9.15 Å². The molecule has 0 N–H and O–H groups in total. The molecule has 1 atom stereocenters. The maximum absolute atomic E-state index is 12.4. The van der Waals surface area contributed by atoms with Crippen molar-refractivity contribution in [2.24, 2.45) is 0 Å². The Balaban J connectivity index is 1.74. The van der Waals surface area contributed by atoms with Gasteiger partial charge in [-0.25, -0.2) is 9.78 Å². The zero-order valence-electron chi connectivity index (χ0n) is 14.1. The van der Waals surface area contributed by atoms with Crippen molar-refractivity contribution in [2.75, 3.05) is 6.26 Å². The summed E-state index contributed by atoms with van der Waals surface area (Å²) in [6, 6.07) is 11.1. The van der Waals surface area contributed by atoms with Gasteiger partial charge in [0.25, 0.3) is 5.89 Å². The van der Waals surface area contributed by atoms with Crippen molar-refractivity contribution in [2.45, 2.75) is 25.0 Å². The fraction of sp³-hybridized carbons (Fsp3) is 0.222. The van der Waals surface area contributed by atoms with Gasteiger partial charge in [0.1, 0.15) is 5.03 Å². The van der Waals surface area contributed by atoms with E-state index in [1.54, 1.807) is 25.3 Å². The van der Waals surface area contributed by atoms with E-state index in [9.17, 15) is 4.79 Å². The van der Waals surface area contributed by atoms with Gasteiger partial charge in [-0.1, -0.05) is 17.7 Å². The smallest absolute Gasteiger partial charge is 0.341 e. The molecule has 2 heterocycles. The fourth-order valence-electron chi connectivity index (χ4n) is 2.19. The van der Waals surface area contributed by atoms with Gasteiger partial charge in [0.05, 0.1) is 5.56 Å². The number of carbonyl (C=O) groups is 1. The van der Waals surface area contributed by atoms with Gasteiger partial charge < -0.3 is 9.15 Å². The summed E-state index contributed by atoms with van der Waals surface area (Å²) in [6.45, 7) is 3.70. The second-order valence-electron chi connectivity index (χ2n) is 5.42. The zero-order chi connectivity index (χ0) is 17.8. The van der Waals surface area contributed by atoms with Crippen LogP contribution in [0.15, 0.2) is 52.0 Å². The van der Waals surface area contributed by atoms with Crippen LogP contribution in [-0.2, 0) is 4.74 Å². The lowest BCUT2D eigenvalue weighted by Gasteiger charge is -2.10. The molecule has 3 aromatic rings. The van der Waals surface area contributed by atoms with Gasteiger partial charge >= 0.3 is 5.97 Å². The minimum atomic E-state index is -0.658. The van der Waals surface area contributed by atoms with Crippen LogP contribution in [0.5, 0.6) is 0 Å². The number of pyridine rings is 1. The Bertz CT molecular complexity index is 877. The minimum Gasteiger partial charge on any atom is -0.449 e. The van der Waals surface area contributed by atoms with Gasteiger partial charge in [0.15, 0.2) is 6.10 Å². The number of rotatable bonds is 5. The van der Waals surface area contributed by atoms with Crippen LogP contribution in [0.25, 0.3) is 11.5 Å². The number of ether oxygens (including phenoxy) is 1. The highest BCUT2D eigenvalue weighted by atomic mass is 32.2. The van der Waals surface area contributed by atoms with E-state index >= 15 is 0 Å². The third-order valence-corrected chi connectivity index (χ3v) is 4.27. The molecule has 0 aliphatic rings. The van der Waals surface area contributed by atoms with Crippen molar-refractivity contribution in [3.8, 4) is 11.5 Å². The average molecular weight is 355 g/mol. The molecule has 7 heteroatoms. The highest BCUT2D eigenvalue weighted by Gasteiger charge is 2.21. The molecule has 0 radical (unpaired) electrons. The third kappa shape index (κ3) is 3.88. The number of hydrogen-bond acceptors (Lipinski definition) is 7. The Morgan fingerprint density at radius 1 is 1.20 bits per heavy atom. The van der Waals surface area contributed by atoms with E-state index in [2.05, 4.69) is 15.2 Å². The maximum Gasteiger partial charge on any atom is 0.341 e. The highest BCUT2D eigenvalue weighted by molar-refractivity contribution is 7.98. The predicted octanol–water partition coefficient (Wildman–Crippen LogP) is 4.08. The molecule has 25 heavy (non-hydrogen) atoms. The van der Waals surface area contributed by atoms with Gasteiger partial charge in [0.2, 0.25) is 5.89 Å². The first-order chi connectivity index (χ1) is 12.1. The van der Waals surface area contributed by atoms with Crippen molar-refractivity contribution in [3.05, 3.63) is 59.6 Å². The molecule has 0 spiro atoms. The van der Waals surface area contributed by atoms with Crippen molar-refractivity contribution in [3.63, 3.8) is 0 Å². The molecular formula is C18H17N3O3S. The molecule has 128 valence electrons. The van der Waals surface area contributed by atoms with Crippen LogP contribution in [0.1, 0.15) is 34.8 Å². The molecule has 3 rings (SSSR count). The van der Waals surface area contributed by atoms with Crippen molar-refractivity contribution >= 4 is 17.7 Å². The summed E-state index contributed by atoms with van der Waals surface area (Å²) in [7, 11) is 0. The molecule has 1 aromatic carbocycles. The SMILES string of the molecule is CSc1ncccc1C(=O)O[C@@H](C)c1nnc(-c2ccc(C)cc2)o1. The lowest BCUT2D eigenvalue weighted by atomic mass is 10.1. The second-order valence-corrected chi connectivity index (χ2v) is 6.21. The first kappa shape index (κ1) is 17.2. The number of benzene rings is 1. The van der Waals surface area contributed by atoms with Gasteiger partial charge in [-0.2, -0.15) is 0 Å². The fourth-order valence-corrected chi connectivity index (χ4v) is 2.73. The zero-order valence-corrected chi connectivity index (χ0v) is 14.9. The molecule has 2 aromatic heterocycles. The molecule has 6 nitrogen and oxygen atoms in total. The number of hydrogen-bond donors (Lipinski definition) is 0. The Hall–Kier alpha value is -2.67. The van der Waals surface area contributed by atoms with E-state index < -0.39 is 12.1 Å². The highest BCUT2D eigenvalue weighted by Crippen LogP contribution is 2.25. The summed E-state index contributed by atoms with van der Waals surface area (Å²) in [5.41, 5.74) is 2.38. The van der Waals surface area contributed by atoms with E-state index in [0.29, 0.717) is 16.5 Å². The summed E-state index contributed by atoms with van der Waals surface area (Å²) in [6.07, 6.45) is 2.83. The topological polar surface area (TPSA) is 78.1 Å². The normalized spacial score (nSPS) is 12.0. The molecule has 0 fully saturated rings. The summed E-state index contributed by atoms with van der Waals surface area (Å²) in [5, 5.41) is 8.63. The Morgan fingerprint density at radius 3 is 2.68 bits per heavy atom. The van der Waals surface area contributed by atoms with Crippen molar-refractivity contribution in [1.82, 2.24) is 15.2 Å².